The zero-order valence-electron chi connectivity index (χ0n) is 12.1. The first-order chi connectivity index (χ1) is 10.3. The predicted molar refractivity (Wildman–Crippen MR) is 105 cm³/mol. The van der Waals surface area contributed by atoms with Gasteiger partial charge < -0.3 is 16.0 Å². The van der Waals surface area contributed by atoms with Crippen LogP contribution in [0.4, 0.5) is 0 Å². The SMILES string of the molecule is I.NC(=NCc1cc2ccccc2[nH]1)NCCc1cccs1. The van der Waals surface area contributed by atoms with Crippen LogP contribution in [0.1, 0.15) is 10.6 Å². The molecule has 4 nitrogen and oxygen atoms in total. The Morgan fingerprint density at radius 3 is 2.86 bits per heavy atom. The maximum atomic E-state index is 5.88. The van der Waals surface area contributed by atoms with Gasteiger partial charge in [-0.3, -0.25) is 0 Å². The number of nitrogens with zero attached hydrogens (tertiary/aromatic N) is 1. The fraction of sp³-hybridized carbons (Fsp3) is 0.188. The van der Waals surface area contributed by atoms with Gasteiger partial charge in [-0.25, -0.2) is 4.99 Å². The van der Waals surface area contributed by atoms with E-state index in [1.807, 2.05) is 12.1 Å². The lowest BCUT2D eigenvalue weighted by Crippen LogP contribution is -2.33. The van der Waals surface area contributed by atoms with Gasteiger partial charge in [0.05, 0.1) is 6.54 Å². The van der Waals surface area contributed by atoms with E-state index in [-0.39, 0.29) is 24.0 Å². The molecule has 6 heteroatoms. The summed E-state index contributed by atoms with van der Waals surface area (Å²) in [6.45, 7) is 1.37. The van der Waals surface area contributed by atoms with Crippen LogP contribution < -0.4 is 11.1 Å². The van der Waals surface area contributed by atoms with Crippen molar-refractivity contribution in [3.05, 3.63) is 58.4 Å². The Hall–Kier alpha value is -1.54. The number of aromatic amines is 1. The van der Waals surface area contributed by atoms with Crippen molar-refractivity contribution in [2.45, 2.75) is 13.0 Å². The number of benzene rings is 1. The quantitative estimate of drug-likeness (QED) is 0.332. The summed E-state index contributed by atoms with van der Waals surface area (Å²) in [6.07, 6.45) is 0.972. The molecule has 0 spiro atoms. The third-order valence-corrected chi connectivity index (χ3v) is 4.20. The molecule has 22 heavy (non-hydrogen) atoms. The third kappa shape index (κ3) is 4.48. The van der Waals surface area contributed by atoms with E-state index >= 15 is 0 Å². The number of nitrogens with one attached hydrogen (secondary N) is 2. The van der Waals surface area contributed by atoms with Crippen LogP contribution in [0.2, 0.25) is 0 Å². The first kappa shape index (κ1) is 16.8. The van der Waals surface area contributed by atoms with Gasteiger partial charge in [-0.15, -0.1) is 35.3 Å². The highest BCUT2D eigenvalue weighted by Gasteiger charge is 1.99. The summed E-state index contributed by atoms with van der Waals surface area (Å²) in [5.74, 6) is 0.491. The number of para-hydroxylation sites is 1. The van der Waals surface area contributed by atoms with Gasteiger partial charge in [0.2, 0.25) is 0 Å². The van der Waals surface area contributed by atoms with Gasteiger partial charge in [-0.1, -0.05) is 24.3 Å². The molecule has 0 bridgehead atoms. The lowest BCUT2D eigenvalue weighted by atomic mass is 10.2. The van der Waals surface area contributed by atoms with Crippen molar-refractivity contribution in [1.82, 2.24) is 10.3 Å². The summed E-state index contributed by atoms with van der Waals surface area (Å²) in [7, 11) is 0. The summed E-state index contributed by atoms with van der Waals surface area (Å²) in [5.41, 5.74) is 8.08. The van der Waals surface area contributed by atoms with E-state index in [1.165, 1.54) is 10.3 Å². The molecular weight excluding hydrogens is 407 g/mol. The minimum Gasteiger partial charge on any atom is -0.370 e. The molecule has 1 aromatic carbocycles. The average molecular weight is 426 g/mol. The number of thiophene rings is 1. The molecule has 0 aliphatic rings. The second-order valence-electron chi connectivity index (χ2n) is 4.84. The van der Waals surface area contributed by atoms with Crippen molar-refractivity contribution < 1.29 is 0 Å². The zero-order chi connectivity index (χ0) is 14.5. The van der Waals surface area contributed by atoms with Gasteiger partial charge in [0.25, 0.3) is 0 Å². The summed E-state index contributed by atoms with van der Waals surface area (Å²) < 4.78 is 0. The van der Waals surface area contributed by atoms with Crippen LogP contribution in [0.15, 0.2) is 52.8 Å². The first-order valence-corrected chi connectivity index (χ1v) is 7.82. The van der Waals surface area contributed by atoms with Gasteiger partial charge in [0.15, 0.2) is 5.96 Å². The molecule has 2 heterocycles. The Morgan fingerprint density at radius 1 is 1.23 bits per heavy atom. The van der Waals surface area contributed by atoms with Crippen molar-refractivity contribution in [2.75, 3.05) is 6.54 Å². The van der Waals surface area contributed by atoms with E-state index < -0.39 is 0 Å². The summed E-state index contributed by atoms with van der Waals surface area (Å²) in [6, 6.07) is 14.5. The van der Waals surface area contributed by atoms with Gasteiger partial charge in [-0.05, 0) is 35.4 Å². The number of aromatic nitrogens is 1. The van der Waals surface area contributed by atoms with Gasteiger partial charge in [-0.2, -0.15) is 0 Å². The van der Waals surface area contributed by atoms with Crippen LogP contribution in [0.5, 0.6) is 0 Å². The Morgan fingerprint density at radius 2 is 2.09 bits per heavy atom. The molecule has 4 N–H and O–H groups in total. The Balaban J connectivity index is 0.00000176. The highest BCUT2D eigenvalue weighted by atomic mass is 127. The number of hydrogen-bond donors (Lipinski definition) is 3. The van der Waals surface area contributed by atoms with E-state index in [4.69, 9.17) is 5.73 Å². The number of guanidine groups is 1. The van der Waals surface area contributed by atoms with E-state index in [1.54, 1.807) is 11.3 Å². The molecule has 0 aliphatic heterocycles. The summed E-state index contributed by atoms with van der Waals surface area (Å²) in [4.78, 5) is 9.06. The van der Waals surface area contributed by atoms with Crippen LogP contribution in [-0.2, 0) is 13.0 Å². The zero-order valence-corrected chi connectivity index (χ0v) is 15.2. The third-order valence-electron chi connectivity index (χ3n) is 3.26. The molecule has 0 aliphatic carbocycles. The second-order valence-corrected chi connectivity index (χ2v) is 5.87. The molecule has 3 aromatic rings. The first-order valence-electron chi connectivity index (χ1n) is 6.94. The van der Waals surface area contributed by atoms with Crippen LogP contribution in [0.25, 0.3) is 10.9 Å². The largest absolute Gasteiger partial charge is 0.370 e. The number of H-pyrrole nitrogens is 1. The molecule has 0 radical (unpaired) electrons. The van der Waals surface area contributed by atoms with Crippen LogP contribution in [0, 0.1) is 0 Å². The van der Waals surface area contributed by atoms with E-state index in [9.17, 15) is 0 Å². The summed E-state index contributed by atoms with van der Waals surface area (Å²) in [5, 5.41) is 6.43. The number of fused-ring (bicyclic) bond motifs is 1. The molecule has 0 amide bonds. The van der Waals surface area contributed by atoms with Crippen molar-refractivity contribution >= 4 is 52.2 Å². The van der Waals surface area contributed by atoms with Gasteiger partial charge >= 0.3 is 0 Å². The maximum Gasteiger partial charge on any atom is 0.188 e. The van der Waals surface area contributed by atoms with Crippen molar-refractivity contribution in [2.24, 2.45) is 10.7 Å². The highest BCUT2D eigenvalue weighted by molar-refractivity contribution is 14.0. The summed E-state index contributed by atoms with van der Waals surface area (Å²) >= 11 is 1.76. The van der Waals surface area contributed by atoms with Crippen molar-refractivity contribution in [1.29, 1.82) is 0 Å². The van der Waals surface area contributed by atoms with Crippen LogP contribution >= 0.6 is 35.3 Å². The predicted octanol–water partition coefficient (Wildman–Crippen LogP) is 3.49. The molecule has 0 atom stereocenters. The Labute approximate surface area is 150 Å². The van der Waals surface area contributed by atoms with Crippen molar-refractivity contribution in [3.63, 3.8) is 0 Å². The fourth-order valence-electron chi connectivity index (χ4n) is 2.21. The molecule has 116 valence electrons. The van der Waals surface area contributed by atoms with E-state index in [2.05, 4.69) is 51.0 Å². The van der Waals surface area contributed by atoms with Crippen LogP contribution in [-0.4, -0.2) is 17.5 Å². The van der Waals surface area contributed by atoms with Gasteiger partial charge in [0.1, 0.15) is 0 Å². The number of nitrogens with two attached hydrogens (primary N) is 1. The number of hydrogen-bond acceptors (Lipinski definition) is 2. The Kier molecular flexibility index (Phi) is 6.26. The minimum atomic E-state index is 0. The van der Waals surface area contributed by atoms with Crippen LogP contribution in [0.3, 0.4) is 0 Å². The normalized spacial score (nSPS) is 11.4. The molecule has 0 fully saturated rings. The lowest BCUT2D eigenvalue weighted by molar-refractivity contribution is 0.854. The lowest BCUT2D eigenvalue weighted by Gasteiger charge is -2.04. The molecule has 0 saturated carbocycles. The average Bonchev–Trinajstić information content (AvgIpc) is 3.13. The fourth-order valence-corrected chi connectivity index (χ4v) is 2.92. The smallest absolute Gasteiger partial charge is 0.188 e. The minimum absolute atomic E-state index is 0. The molecule has 0 saturated heterocycles. The second kappa shape index (κ2) is 8.19. The topological polar surface area (TPSA) is 66.2 Å². The van der Waals surface area contributed by atoms with Gasteiger partial charge in [0, 0.05) is 22.6 Å². The molecule has 0 unspecified atom stereocenters. The molecule has 3 rings (SSSR count). The van der Waals surface area contributed by atoms with E-state index in [0.29, 0.717) is 12.5 Å². The number of rotatable bonds is 5. The Bertz CT molecular complexity index is 701. The van der Waals surface area contributed by atoms with E-state index in [0.717, 1.165) is 24.2 Å². The highest BCUT2D eigenvalue weighted by Crippen LogP contribution is 2.15. The molecular formula is C16H19IN4S. The molecule has 2 aromatic heterocycles. The number of halogens is 1. The maximum absolute atomic E-state index is 5.88. The standard InChI is InChI=1S/C16H18N4S.HI/c17-16(18-8-7-14-5-3-9-21-14)19-11-13-10-12-4-1-2-6-15(12)20-13;/h1-6,9-10,20H,7-8,11H2,(H3,17,18,19);1H. The van der Waals surface area contributed by atoms with Crippen molar-refractivity contribution in [3.8, 4) is 0 Å². The number of aliphatic imine (C=N–C) groups is 1. The monoisotopic (exact) mass is 426 g/mol.